The maximum absolute atomic E-state index is 5.10. The van der Waals surface area contributed by atoms with Gasteiger partial charge < -0.3 is 21.7 Å². The Kier molecular flexibility index (Phi) is 8.63. The molecule has 0 aliphatic heterocycles. The van der Waals surface area contributed by atoms with Crippen LogP contribution in [-0.2, 0) is 20.4 Å². The monoisotopic (exact) mass is 400 g/mol. The summed E-state index contributed by atoms with van der Waals surface area (Å²) in [5.41, 5.74) is 0. The van der Waals surface area contributed by atoms with Crippen molar-refractivity contribution >= 4 is 11.8 Å². The fourth-order valence-corrected chi connectivity index (χ4v) is 2.01. The molecule has 0 aliphatic carbocycles. The van der Waals surface area contributed by atoms with Crippen LogP contribution in [0.2, 0.25) is 0 Å². The number of hydrogen-bond acceptors (Lipinski definition) is 2. The average molecular weight is 402 g/mol. The number of hydrogen-bond donors (Lipinski definition) is 0. The van der Waals surface area contributed by atoms with Crippen molar-refractivity contribution in [2.24, 2.45) is 0 Å². The Hall–Kier alpha value is -0.268. The standard InChI is InChI=1S/C13H11OS.BrH.Pd/c1-14-11-7-9-13(10-8-11)15-12-5-3-2-4-6-12;;/h2-5,7-10H,1H3;1H;/p-1. The van der Waals surface area contributed by atoms with E-state index >= 15 is 0 Å². The molecule has 2 aromatic rings. The fraction of sp³-hybridized carbons (Fsp3) is 0.0769. The molecule has 0 aliphatic rings. The van der Waals surface area contributed by atoms with Gasteiger partial charge in [0.1, 0.15) is 5.75 Å². The van der Waals surface area contributed by atoms with Crippen LogP contribution < -0.4 is 21.7 Å². The molecule has 0 saturated heterocycles. The van der Waals surface area contributed by atoms with Crippen LogP contribution in [0.15, 0.2) is 58.3 Å². The third-order valence-corrected chi connectivity index (χ3v) is 2.95. The molecule has 0 atom stereocenters. The minimum atomic E-state index is 0. The molecular formula is C13H11BrOPdS-. The van der Waals surface area contributed by atoms with Gasteiger partial charge in [0.15, 0.2) is 0 Å². The van der Waals surface area contributed by atoms with Gasteiger partial charge in [-0.1, -0.05) is 30.0 Å². The molecule has 0 bridgehead atoms. The molecule has 2 aromatic carbocycles. The van der Waals surface area contributed by atoms with Gasteiger partial charge in [0.25, 0.3) is 0 Å². The molecule has 0 saturated carbocycles. The second kappa shape index (κ2) is 8.77. The zero-order chi connectivity index (χ0) is 10.5. The molecule has 17 heavy (non-hydrogen) atoms. The predicted molar refractivity (Wildman–Crippen MR) is 62.4 cm³/mol. The van der Waals surface area contributed by atoms with Gasteiger partial charge in [-0.15, -0.1) is 0 Å². The van der Waals surface area contributed by atoms with Gasteiger partial charge in [0.05, 0.1) is 7.11 Å². The van der Waals surface area contributed by atoms with Crippen LogP contribution in [0.25, 0.3) is 0 Å². The Morgan fingerprint density at radius 3 is 2.29 bits per heavy atom. The van der Waals surface area contributed by atoms with E-state index in [0.717, 1.165) is 10.6 Å². The number of benzene rings is 2. The van der Waals surface area contributed by atoms with Crippen molar-refractivity contribution in [3.8, 4) is 5.75 Å². The van der Waals surface area contributed by atoms with Crippen LogP contribution >= 0.6 is 11.8 Å². The van der Waals surface area contributed by atoms with Crippen LogP contribution in [0.4, 0.5) is 0 Å². The molecule has 4 heteroatoms. The number of rotatable bonds is 3. The molecule has 1 nitrogen and oxygen atoms in total. The molecule has 0 heterocycles. The van der Waals surface area contributed by atoms with E-state index in [2.05, 4.69) is 12.1 Å². The molecule has 93 valence electrons. The van der Waals surface area contributed by atoms with Crippen LogP contribution in [-0.4, -0.2) is 7.11 Å². The minimum Gasteiger partial charge on any atom is -1.00 e. The Morgan fingerprint density at radius 1 is 1.06 bits per heavy atom. The van der Waals surface area contributed by atoms with Gasteiger partial charge in [-0.05, 0) is 36.4 Å². The molecule has 1 radical (unpaired) electrons. The summed E-state index contributed by atoms with van der Waals surface area (Å²) in [5, 5.41) is 0. The average Bonchev–Trinajstić information content (AvgIpc) is 2.31. The van der Waals surface area contributed by atoms with Crippen LogP contribution in [0.3, 0.4) is 0 Å². The van der Waals surface area contributed by atoms with Gasteiger partial charge in [-0.25, -0.2) is 0 Å². The number of halogens is 1. The quantitative estimate of drug-likeness (QED) is 0.699. The predicted octanol–water partition coefficient (Wildman–Crippen LogP) is 0.648. The van der Waals surface area contributed by atoms with Crippen LogP contribution in [0.5, 0.6) is 5.75 Å². The Morgan fingerprint density at radius 2 is 1.76 bits per heavy atom. The van der Waals surface area contributed by atoms with Gasteiger partial charge in [-0.3, -0.25) is 0 Å². The smallest absolute Gasteiger partial charge is 0.118 e. The minimum absolute atomic E-state index is 0. The molecule has 0 unspecified atom stereocenters. The van der Waals surface area contributed by atoms with Gasteiger partial charge in [-0.2, -0.15) is 0 Å². The normalized spacial score (nSPS) is 8.76. The summed E-state index contributed by atoms with van der Waals surface area (Å²) >= 11 is 1.70. The molecule has 0 aromatic heterocycles. The first kappa shape index (κ1) is 16.7. The van der Waals surface area contributed by atoms with E-state index in [1.165, 1.54) is 4.90 Å². The van der Waals surface area contributed by atoms with Gasteiger partial charge in [0.2, 0.25) is 0 Å². The van der Waals surface area contributed by atoms with Gasteiger partial charge in [0, 0.05) is 30.2 Å². The molecular weight excluding hydrogens is 391 g/mol. The zero-order valence-electron chi connectivity index (χ0n) is 9.13. The Balaban J connectivity index is 0.00000128. The SMILES string of the molecule is COc1ccc(Sc2[c]cccc2)cc1.[Br-].[Pd]. The van der Waals surface area contributed by atoms with E-state index in [4.69, 9.17) is 4.74 Å². The largest absolute Gasteiger partial charge is 1.00 e. The topological polar surface area (TPSA) is 9.23 Å². The second-order valence-electron chi connectivity index (χ2n) is 3.00. The zero-order valence-corrected chi connectivity index (χ0v) is 13.1. The van der Waals surface area contributed by atoms with E-state index in [1.54, 1.807) is 18.9 Å². The molecule has 0 fully saturated rings. The third-order valence-electron chi connectivity index (χ3n) is 1.97. The molecule has 0 N–H and O–H groups in total. The summed E-state index contributed by atoms with van der Waals surface area (Å²) in [4.78, 5) is 2.32. The van der Waals surface area contributed by atoms with Crippen molar-refractivity contribution < 1.29 is 42.1 Å². The van der Waals surface area contributed by atoms with E-state index in [-0.39, 0.29) is 37.4 Å². The summed E-state index contributed by atoms with van der Waals surface area (Å²) in [6.07, 6.45) is 0. The molecule has 2 rings (SSSR count). The van der Waals surface area contributed by atoms with E-state index in [9.17, 15) is 0 Å². The first-order chi connectivity index (χ1) is 7.38. The molecule has 0 spiro atoms. The van der Waals surface area contributed by atoms with Crippen molar-refractivity contribution in [1.82, 2.24) is 0 Å². The maximum atomic E-state index is 5.10. The summed E-state index contributed by atoms with van der Waals surface area (Å²) < 4.78 is 5.10. The Labute approximate surface area is 130 Å². The summed E-state index contributed by atoms with van der Waals surface area (Å²) in [5.74, 6) is 0.886. The third kappa shape index (κ3) is 5.27. The summed E-state index contributed by atoms with van der Waals surface area (Å²) in [6.45, 7) is 0. The molecule has 0 amide bonds. The van der Waals surface area contributed by atoms with Crippen LogP contribution in [0.1, 0.15) is 0 Å². The Bertz CT molecular complexity index is 419. The fourth-order valence-electron chi connectivity index (χ4n) is 1.21. The van der Waals surface area contributed by atoms with Crippen molar-refractivity contribution in [1.29, 1.82) is 0 Å². The van der Waals surface area contributed by atoms with E-state index in [0.29, 0.717) is 0 Å². The van der Waals surface area contributed by atoms with E-state index < -0.39 is 0 Å². The summed E-state index contributed by atoms with van der Waals surface area (Å²) in [6, 6.07) is 19.2. The van der Waals surface area contributed by atoms with Crippen molar-refractivity contribution in [3.63, 3.8) is 0 Å². The van der Waals surface area contributed by atoms with Crippen LogP contribution in [0, 0.1) is 6.07 Å². The summed E-state index contributed by atoms with van der Waals surface area (Å²) in [7, 11) is 1.67. The van der Waals surface area contributed by atoms with Gasteiger partial charge >= 0.3 is 0 Å². The number of ether oxygens (including phenoxy) is 1. The number of methoxy groups -OCH3 is 1. The first-order valence-electron chi connectivity index (χ1n) is 4.67. The maximum Gasteiger partial charge on any atom is 0.118 e. The van der Waals surface area contributed by atoms with Crippen molar-refractivity contribution in [2.45, 2.75) is 9.79 Å². The van der Waals surface area contributed by atoms with Crippen molar-refractivity contribution in [3.05, 3.63) is 54.6 Å². The first-order valence-corrected chi connectivity index (χ1v) is 5.49. The second-order valence-corrected chi connectivity index (χ2v) is 4.12. The van der Waals surface area contributed by atoms with Crippen molar-refractivity contribution in [2.75, 3.05) is 7.11 Å². The van der Waals surface area contributed by atoms with E-state index in [1.807, 2.05) is 42.5 Å².